The molecule has 2 nitrogen and oxygen atoms in total. The van der Waals surface area contributed by atoms with Gasteiger partial charge in [-0.05, 0) is 24.3 Å². The van der Waals surface area contributed by atoms with Crippen molar-refractivity contribution in [1.82, 2.24) is 0 Å². The molecule has 0 unspecified atom stereocenters. The Balaban J connectivity index is 2.23. The van der Waals surface area contributed by atoms with Crippen LogP contribution >= 0.6 is 0 Å². The van der Waals surface area contributed by atoms with Crippen molar-refractivity contribution in [1.29, 1.82) is 0 Å². The number of aromatic hydroxyl groups is 1. The molecule has 0 aliphatic rings. The van der Waals surface area contributed by atoms with E-state index in [1.165, 1.54) is 24.3 Å². The molecule has 0 aliphatic heterocycles. The second-order valence-electron chi connectivity index (χ2n) is 3.20. The molecule has 0 saturated heterocycles. The maximum atomic E-state index is 12.8. The predicted molar refractivity (Wildman–Crippen MR) is 54.5 cm³/mol. The van der Waals surface area contributed by atoms with Crippen LogP contribution in [-0.4, -0.2) is 5.11 Å². The lowest BCUT2D eigenvalue weighted by molar-refractivity contribution is 0.458. The van der Waals surface area contributed by atoms with Gasteiger partial charge in [0.15, 0.2) is 0 Å². The lowest BCUT2D eigenvalue weighted by Crippen LogP contribution is -1.87. The molecule has 0 saturated carbocycles. The Morgan fingerprint density at radius 3 is 1.94 bits per heavy atom. The molecular weight excluding hydrogens is 214 g/mol. The summed E-state index contributed by atoms with van der Waals surface area (Å²) < 4.78 is 30.9. The van der Waals surface area contributed by atoms with E-state index >= 15 is 0 Å². The van der Waals surface area contributed by atoms with Crippen LogP contribution in [-0.2, 0) is 0 Å². The van der Waals surface area contributed by atoms with Gasteiger partial charge in [0.1, 0.15) is 28.9 Å². The lowest BCUT2D eigenvalue weighted by Gasteiger charge is -2.05. The molecule has 1 N–H and O–H groups in total. The first-order valence-corrected chi connectivity index (χ1v) is 4.56. The van der Waals surface area contributed by atoms with Crippen molar-refractivity contribution in [2.24, 2.45) is 0 Å². The van der Waals surface area contributed by atoms with Crippen LogP contribution in [0, 0.1) is 11.6 Å². The van der Waals surface area contributed by atoms with Crippen molar-refractivity contribution in [2.45, 2.75) is 0 Å². The standard InChI is InChI=1S/C12H8F2O2/c13-8-5-9(14)7-12(6-8)16-11-3-1-10(15)2-4-11/h1-7,15H. The largest absolute Gasteiger partial charge is 0.508 e. The first-order chi connectivity index (χ1) is 7.63. The summed E-state index contributed by atoms with van der Waals surface area (Å²) in [5.41, 5.74) is 0. The highest BCUT2D eigenvalue weighted by Gasteiger charge is 2.02. The number of hydrogen-bond acceptors (Lipinski definition) is 2. The molecule has 0 heterocycles. The second-order valence-corrected chi connectivity index (χ2v) is 3.20. The zero-order valence-electron chi connectivity index (χ0n) is 8.15. The number of hydrogen-bond donors (Lipinski definition) is 1. The molecule has 2 aromatic carbocycles. The van der Waals surface area contributed by atoms with Crippen LogP contribution in [0.3, 0.4) is 0 Å². The smallest absolute Gasteiger partial charge is 0.133 e. The highest BCUT2D eigenvalue weighted by Crippen LogP contribution is 2.24. The average Bonchev–Trinajstić information content (AvgIpc) is 2.20. The van der Waals surface area contributed by atoms with E-state index in [4.69, 9.17) is 9.84 Å². The summed E-state index contributed by atoms with van der Waals surface area (Å²) in [6.45, 7) is 0. The molecule has 0 bridgehead atoms. The fourth-order valence-corrected chi connectivity index (χ4v) is 1.24. The quantitative estimate of drug-likeness (QED) is 0.843. The molecule has 0 radical (unpaired) electrons. The van der Waals surface area contributed by atoms with Gasteiger partial charge in [-0.2, -0.15) is 0 Å². The highest BCUT2D eigenvalue weighted by molar-refractivity contribution is 5.35. The number of ether oxygens (including phenoxy) is 1. The Morgan fingerprint density at radius 1 is 0.812 bits per heavy atom. The van der Waals surface area contributed by atoms with Gasteiger partial charge >= 0.3 is 0 Å². The normalized spacial score (nSPS) is 10.1. The number of phenols is 1. The second kappa shape index (κ2) is 4.18. The zero-order chi connectivity index (χ0) is 11.5. The minimum Gasteiger partial charge on any atom is -0.508 e. The maximum Gasteiger partial charge on any atom is 0.133 e. The van der Waals surface area contributed by atoms with Crippen LogP contribution < -0.4 is 4.74 Å². The summed E-state index contributed by atoms with van der Waals surface area (Å²) in [5.74, 6) is -0.841. The Morgan fingerprint density at radius 2 is 1.38 bits per heavy atom. The van der Waals surface area contributed by atoms with E-state index in [2.05, 4.69) is 0 Å². The molecule has 2 rings (SSSR count). The minimum atomic E-state index is -0.700. The monoisotopic (exact) mass is 222 g/mol. The molecule has 0 aromatic heterocycles. The zero-order valence-corrected chi connectivity index (χ0v) is 8.15. The molecule has 16 heavy (non-hydrogen) atoms. The van der Waals surface area contributed by atoms with Crippen LogP contribution in [0.5, 0.6) is 17.2 Å². The van der Waals surface area contributed by atoms with Crippen molar-refractivity contribution < 1.29 is 18.6 Å². The molecule has 0 aliphatic carbocycles. The summed E-state index contributed by atoms with van der Waals surface area (Å²) in [4.78, 5) is 0. The van der Waals surface area contributed by atoms with Gasteiger partial charge in [-0.25, -0.2) is 8.78 Å². The Bertz CT molecular complexity index is 475. The first-order valence-electron chi connectivity index (χ1n) is 4.56. The van der Waals surface area contributed by atoms with Crippen molar-refractivity contribution in [3.63, 3.8) is 0 Å². The SMILES string of the molecule is Oc1ccc(Oc2cc(F)cc(F)c2)cc1. The van der Waals surface area contributed by atoms with Gasteiger partial charge in [-0.1, -0.05) is 0 Å². The average molecular weight is 222 g/mol. The summed E-state index contributed by atoms with van der Waals surface area (Å²) in [5, 5.41) is 9.04. The van der Waals surface area contributed by atoms with E-state index in [9.17, 15) is 8.78 Å². The Labute approximate surface area is 90.7 Å². The van der Waals surface area contributed by atoms with Gasteiger partial charge < -0.3 is 9.84 Å². The van der Waals surface area contributed by atoms with Gasteiger partial charge in [0.05, 0.1) is 0 Å². The van der Waals surface area contributed by atoms with Crippen LogP contribution in [0.1, 0.15) is 0 Å². The summed E-state index contributed by atoms with van der Waals surface area (Å²) in [6, 6.07) is 8.77. The molecule has 0 amide bonds. The number of rotatable bonds is 2. The van der Waals surface area contributed by atoms with E-state index in [1.807, 2.05) is 0 Å². The molecule has 4 heteroatoms. The third kappa shape index (κ3) is 2.48. The molecule has 0 spiro atoms. The first kappa shape index (κ1) is 10.4. The highest BCUT2D eigenvalue weighted by atomic mass is 19.1. The van der Waals surface area contributed by atoms with Crippen LogP contribution in [0.2, 0.25) is 0 Å². The van der Waals surface area contributed by atoms with Gasteiger partial charge in [0.25, 0.3) is 0 Å². The Kier molecular flexibility index (Phi) is 2.72. The van der Waals surface area contributed by atoms with Crippen molar-refractivity contribution in [3.8, 4) is 17.2 Å². The van der Waals surface area contributed by atoms with Gasteiger partial charge in [-0.3, -0.25) is 0 Å². The van der Waals surface area contributed by atoms with Crippen molar-refractivity contribution in [2.75, 3.05) is 0 Å². The molecule has 0 atom stereocenters. The van der Waals surface area contributed by atoms with E-state index in [0.29, 0.717) is 5.75 Å². The molecule has 0 fully saturated rings. The van der Waals surface area contributed by atoms with Crippen LogP contribution in [0.4, 0.5) is 8.78 Å². The van der Waals surface area contributed by atoms with E-state index in [-0.39, 0.29) is 11.5 Å². The van der Waals surface area contributed by atoms with Crippen molar-refractivity contribution in [3.05, 3.63) is 54.1 Å². The number of benzene rings is 2. The van der Waals surface area contributed by atoms with Gasteiger partial charge in [0, 0.05) is 18.2 Å². The predicted octanol–water partition coefficient (Wildman–Crippen LogP) is 3.46. The van der Waals surface area contributed by atoms with E-state index in [1.54, 1.807) is 0 Å². The molecular formula is C12H8F2O2. The van der Waals surface area contributed by atoms with Gasteiger partial charge in [-0.15, -0.1) is 0 Å². The fraction of sp³-hybridized carbons (Fsp3) is 0. The minimum absolute atomic E-state index is 0.0724. The third-order valence-electron chi connectivity index (χ3n) is 1.91. The Hall–Kier alpha value is -2.10. The van der Waals surface area contributed by atoms with Crippen LogP contribution in [0.25, 0.3) is 0 Å². The summed E-state index contributed by atoms with van der Waals surface area (Å²) in [7, 11) is 0. The maximum absolute atomic E-state index is 12.8. The summed E-state index contributed by atoms with van der Waals surface area (Å²) in [6.07, 6.45) is 0. The number of phenolic OH excluding ortho intramolecular Hbond substituents is 1. The third-order valence-corrected chi connectivity index (χ3v) is 1.91. The summed E-state index contributed by atoms with van der Waals surface area (Å²) >= 11 is 0. The molecule has 2 aromatic rings. The fourth-order valence-electron chi connectivity index (χ4n) is 1.24. The van der Waals surface area contributed by atoms with Gasteiger partial charge in [0.2, 0.25) is 0 Å². The lowest BCUT2D eigenvalue weighted by atomic mass is 10.3. The number of halogens is 2. The van der Waals surface area contributed by atoms with E-state index in [0.717, 1.165) is 18.2 Å². The van der Waals surface area contributed by atoms with Crippen molar-refractivity contribution >= 4 is 0 Å². The molecule has 82 valence electrons. The van der Waals surface area contributed by atoms with E-state index < -0.39 is 11.6 Å². The topological polar surface area (TPSA) is 29.5 Å². The van der Waals surface area contributed by atoms with Crippen LogP contribution in [0.15, 0.2) is 42.5 Å².